The maximum atomic E-state index is 5.92. The lowest BCUT2D eigenvalue weighted by Gasteiger charge is -2.35. The summed E-state index contributed by atoms with van der Waals surface area (Å²) >= 11 is 0. The van der Waals surface area contributed by atoms with E-state index < -0.39 is 0 Å². The first-order valence-corrected chi connectivity index (χ1v) is 4.51. The lowest BCUT2D eigenvalue weighted by molar-refractivity contribution is 0.192. The van der Waals surface area contributed by atoms with Crippen LogP contribution in [-0.2, 0) is 0 Å². The standard InChI is InChI=1S/C9H16BN/c1-9(2,3)8-7-4-6(7)5-11(8)10/h6-8H,4-5H2,1-3H3/t6?,7?,8-/m0/s1. The largest absolute Gasteiger partial charge is 0.350 e. The van der Waals surface area contributed by atoms with Crippen LogP contribution in [0.4, 0.5) is 0 Å². The Labute approximate surface area is 70.6 Å². The van der Waals surface area contributed by atoms with Gasteiger partial charge in [0, 0.05) is 6.04 Å². The highest BCUT2D eigenvalue weighted by atomic mass is 15.1. The lowest BCUT2D eigenvalue weighted by atomic mass is 9.82. The van der Waals surface area contributed by atoms with Crippen molar-refractivity contribution in [3.63, 3.8) is 0 Å². The summed E-state index contributed by atoms with van der Waals surface area (Å²) in [5, 5.41) is 0. The van der Waals surface area contributed by atoms with Gasteiger partial charge >= 0.3 is 0 Å². The third-order valence-corrected chi connectivity index (χ3v) is 3.07. The van der Waals surface area contributed by atoms with Crippen molar-refractivity contribution >= 4 is 7.98 Å². The molecule has 1 heterocycles. The molecule has 0 aromatic heterocycles. The fourth-order valence-electron chi connectivity index (χ4n) is 2.64. The average molecular weight is 149 g/mol. The number of hydrogen-bond donors (Lipinski definition) is 0. The van der Waals surface area contributed by atoms with E-state index >= 15 is 0 Å². The summed E-state index contributed by atoms with van der Waals surface area (Å²) in [6, 6.07) is 0.632. The first-order valence-electron chi connectivity index (χ1n) is 4.51. The molecule has 3 atom stereocenters. The summed E-state index contributed by atoms with van der Waals surface area (Å²) in [6.45, 7) is 8.00. The first-order chi connectivity index (χ1) is 5.00. The summed E-state index contributed by atoms with van der Waals surface area (Å²) in [5.41, 5.74) is 0.366. The van der Waals surface area contributed by atoms with Crippen LogP contribution in [0, 0.1) is 17.3 Å². The van der Waals surface area contributed by atoms with Crippen molar-refractivity contribution in [2.75, 3.05) is 6.54 Å². The molecule has 2 aliphatic rings. The smallest absolute Gasteiger partial charge is 0.182 e. The second-order valence-electron chi connectivity index (χ2n) is 5.17. The molecule has 2 fully saturated rings. The predicted molar refractivity (Wildman–Crippen MR) is 47.3 cm³/mol. The molecule has 1 saturated carbocycles. The Morgan fingerprint density at radius 1 is 1.36 bits per heavy atom. The molecule has 1 aliphatic heterocycles. The summed E-state index contributed by atoms with van der Waals surface area (Å²) < 4.78 is 0. The van der Waals surface area contributed by atoms with E-state index in [1.165, 1.54) is 6.42 Å². The fourth-order valence-corrected chi connectivity index (χ4v) is 2.64. The van der Waals surface area contributed by atoms with Gasteiger partial charge in [-0.1, -0.05) is 20.8 Å². The molecular formula is C9H16BN. The molecule has 2 heteroatoms. The van der Waals surface area contributed by atoms with Crippen molar-refractivity contribution in [2.45, 2.75) is 33.2 Å². The van der Waals surface area contributed by atoms with Crippen LogP contribution in [-0.4, -0.2) is 25.4 Å². The SMILES string of the molecule is [B]N1CC2CC2[C@H]1C(C)(C)C. The van der Waals surface area contributed by atoms with Gasteiger partial charge in [-0.15, -0.1) is 0 Å². The highest BCUT2D eigenvalue weighted by Gasteiger charge is 2.54. The van der Waals surface area contributed by atoms with E-state index in [9.17, 15) is 0 Å². The molecule has 0 spiro atoms. The van der Waals surface area contributed by atoms with Crippen LogP contribution >= 0.6 is 0 Å². The second-order valence-corrected chi connectivity index (χ2v) is 5.17. The van der Waals surface area contributed by atoms with E-state index in [2.05, 4.69) is 25.6 Å². The zero-order valence-electron chi connectivity index (χ0n) is 7.67. The molecule has 2 rings (SSSR count). The van der Waals surface area contributed by atoms with Gasteiger partial charge in [-0.25, -0.2) is 0 Å². The number of piperidine rings is 1. The minimum absolute atomic E-state index is 0.366. The van der Waals surface area contributed by atoms with Gasteiger partial charge in [-0.3, -0.25) is 0 Å². The Balaban J connectivity index is 2.12. The van der Waals surface area contributed by atoms with Crippen molar-refractivity contribution in [1.82, 2.24) is 4.81 Å². The average Bonchev–Trinajstić information content (AvgIpc) is 2.38. The van der Waals surface area contributed by atoms with E-state index in [0.717, 1.165) is 18.4 Å². The molecule has 0 bridgehead atoms. The van der Waals surface area contributed by atoms with Crippen molar-refractivity contribution in [1.29, 1.82) is 0 Å². The van der Waals surface area contributed by atoms with Gasteiger partial charge in [-0.05, 0) is 30.2 Å². The molecule has 60 valence electrons. The molecule has 11 heavy (non-hydrogen) atoms. The van der Waals surface area contributed by atoms with E-state index in [0.29, 0.717) is 11.5 Å². The number of fused-ring (bicyclic) bond motifs is 1. The maximum Gasteiger partial charge on any atom is 0.182 e. The van der Waals surface area contributed by atoms with Crippen LogP contribution in [0.1, 0.15) is 27.2 Å². The van der Waals surface area contributed by atoms with Crippen molar-refractivity contribution in [2.24, 2.45) is 17.3 Å². The monoisotopic (exact) mass is 149 g/mol. The molecule has 0 aromatic rings. The molecule has 0 N–H and O–H groups in total. The van der Waals surface area contributed by atoms with Crippen LogP contribution in [0.3, 0.4) is 0 Å². The van der Waals surface area contributed by atoms with Crippen LogP contribution in [0.25, 0.3) is 0 Å². The second kappa shape index (κ2) is 2.04. The molecule has 2 radical (unpaired) electrons. The van der Waals surface area contributed by atoms with Crippen molar-refractivity contribution in [3.8, 4) is 0 Å². The minimum Gasteiger partial charge on any atom is -0.350 e. The van der Waals surface area contributed by atoms with Crippen molar-refractivity contribution in [3.05, 3.63) is 0 Å². The van der Waals surface area contributed by atoms with Crippen LogP contribution in [0.5, 0.6) is 0 Å². The zero-order chi connectivity index (χ0) is 8.22. The van der Waals surface area contributed by atoms with Gasteiger partial charge in [-0.2, -0.15) is 0 Å². The fraction of sp³-hybridized carbons (Fsp3) is 1.00. The molecule has 2 unspecified atom stereocenters. The van der Waals surface area contributed by atoms with Crippen LogP contribution in [0.2, 0.25) is 0 Å². The molecule has 1 nitrogen and oxygen atoms in total. The highest BCUT2D eigenvalue weighted by Crippen LogP contribution is 2.53. The van der Waals surface area contributed by atoms with E-state index in [-0.39, 0.29) is 0 Å². The Hall–Kier alpha value is 0.0249. The van der Waals surface area contributed by atoms with Crippen LogP contribution < -0.4 is 0 Å². The topological polar surface area (TPSA) is 3.24 Å². The normalized spacial score (nSPS) is 44.1. The number of rotatable bonds is 0. The van der Waals surface area contributed by atoms with Crippen LogP contribution in [0.15, 0.2) is 0 Å². The van der Waals surface area contributed by atoms with E-state index in [4.69, 9.17) is 7.98 Å². The van der Waals surface area contributed by atoms with Gasteiger partial charge in [0.1, 0.15) is 0 Å². The number of hydrogen-bond acceptors (Lipinski definition) is 1. The Kier molecular flexibility index (Phi) is 1.42. The molecule has 0 aromatic carbocycles. The third-order valence-electron chi connectivity index (χ3n) is 3.07. The zero-order valence-corrected chi connectivity index (χ0v) is 7.67. The Bertz CT molecular complexity index is 171. The minimum atomic E-state index is 0.366. The highest BCUT2D eigenvalue weighted by molar-refractivity contribution is 6.05. The summed E-state index contributed by atoms with van der Waals surface area (Å²) in [5.74, 6) is 1.85. The Morgan fingerprint density at radius 2 is 2.00 bits per heavy atom. The quantitative estimate of drug-likeness (QED) is 0.471. The lowest BCUT2D eigenvalue weighted by Crippen LogP contribution is -2.40. The van der Waals surface area contributed by atoms with E-state index in [1.807, 2.05) is 0 Å². The summed E-state index contributed by atoms with van der Waals surface area (Å²) in [6.07, 6.45) is 1.43. The van der Waals surface area contributed by atoms with Crippen molar-refractivity contribution < 1.29 is 0 Å². The van der Waals surface area contributed by atoms with E-state index in [1.54, 1.807) is 0 Å². The molecular weight excluding hydrogens is 133 g/mol. The van der Waals surface area contributed by atoms with Gasteiger partial charge in [0.15, 0.2) is 7.98 Å². The van der Waals surface area contributed by atoms with Gasteiger partial charge in [0.25, 0.3) is 0 Å². The Morgan fingerprint density at radius 3 is 2.27 bits per heavy atom. The third kappa shape index (κ3) is 1.12. The first kappa shape index (κ1) is 7.66. The molecule has 1 saturated heterocycles. The molecule has 1 aliphatic carbocycles. The van der Waals surface area contributed by atoms with Gasteiger partial charge in [0.2, 0.25) is 0 Å². The van der Waals surface area contributed by atoms with Gasteiger partial charge in [0.05, 0.1) is 0 Å². The maximum absolute atomic E-state index is 5.92. The number of nitrogens with zero attached hydrogens (tertiary/aromatic N) is 1. The predicted octanol–water partition coefficient (Wildman–Crippen LogP) is 1.44. The summed E-state index contributed by atoms with van der Waals surface area (Å²) in [7, 11) is 5.92. The summed E-state index contributed by atoms with van der Waals surface area (Å²) in [4.78, 5) is 2.05. The molecule has 0 amide bonds. The van der Waals surface area contributed by atoms with Gasteiger partial charge < -0.3 is 4.81 Å².